The number of anilines is 1. The van der Waals surface area contributed by atoms with Crippen LogP contribution < -0.4 is 4.90 Å². The minimum atomic E-state index is -0.386. The normalized spacial score (nSPS) is 17.8. The number of piperazine rings is 1. The Morgan fingerprint density at radius 1 is 0.968 bits per heavy atom. The number of Topliss-reactive ketones (excluding diaryl/α,β-unsaturated/α-hetero) is 1. The number of aromatic nitrogens is 1. The molecule has 0 bridgehead atoms. The fraction of sp³-hybridized carbons (Fsp3) is 0.520. The number of nitrogens with zero attached hydrogens (tertiary/aromatic N) is 3. The zero-order valence-corrected chi connectivity index (χ0v) is 18.8. The molecule has 2 aliphatic rings. The second-order valence-corrected chi connectivity index (χ2v) is 8.95. The van der Waals surface area contributed by atoms with Crippen LogP contribution in [0.5, 0.6) is 0 Å². The summed E-state index contributed by atoms with van der Waals surface area (Å²) in [6.45, 7) is 7.86. The van der Waals surface area contributed by atoms with Crippen molar-refractivity contribution >= 4 is 17.4 Å². The van der Waals surface area contributed by atoms with Crippen LogP contribution in [0.3, 0.4) is 0 Å². The largest absolute Gasteiger partial charge is 0.366 e. The van der Waals surface area contributed by atoms with Crippen molar-refractivity contribution in [3.05, 3.63) is 52.6 Å². The molecule has 1 aliphatic heterocycles. The number of rotatable bonds is 4. The molecule has 31 heavy (non-hydrogen) atoms. The van der Waals surface area contributed by atoms with E-state index in [1.165, 1.54) is 50.8 Å². The fourth-order valence-electron chi connectivity index (χ4n) is 5.20. The van der Waals surface area contributed by atoms with Gasteiger partial charge in [0.25, 0.3) is 5.91 Å². The van der Waals surface area contributed by atoms with Gasteiger partial charge in [0.2, 0.25) is 0 Å². The molecule has 5 nitrogen and oxygen atoms in total. The molecule has 1 amide bonds. The minimum Gasteiger partial charge on any atom is -0.366 e. The minimum absolute atomic E-state index is 0.0715. The SMILES string of the molecule is CC(=O)c1ccc(N2CCN(C(=O)c3cc(C)n(C4CCCCC4)c3C)CC2)c(F)c1. The molecule has 1 saturated carbocycles. The summed E-state index contributed by atoms with van der Waals surface area (Å²) < 4.78 is 16.9. The molecule has 6 heteroatoms. The van der Waals surface area contributed by atoms with Crippen LogP contribution in [0.2, 0.25) is 0 Å². The first kappa shape index (κ1) is 21.6. The van der Waals surface area contributed by atoms with Gasteiger partial charge in [-0.25, -0.2) is 4.39 Å². The van der Waals surface area contributed by atoms with Crippen LogP contribution in [0, 0.1) is 19.7 Å². The number of ketones is 1. The Balaban J connectivity index is 1.45. The molecule has 4 rings (SSSR count). The molecule has 1 saturated heterocycles. The van der Waals surface area contributed by atoms with E-state index in [4.69, 9.17) is 0 Å². The maximum atomic E-state index is 14.5. The Morgan fingerprint density at radius 2 is 1.65 bits per heavy atom. The standard InChI is InChI=1S/C25H32FN3O2/c1-17-15-22(18(2)29(17)21-7-5-4-6-8-21)25(31)28-13-11-27(12-14-28)24-10-9-20(19(3)30)16-23(24)26/h9-10,15-16,21H,4-8,11-14H2,1-3H3. The summed E-state index contributed by atoms with van der Waals surface area (Å²) in [7, 11) is 0. The van der Waals surface area contributed by atoms with Crippen molar-refractivity contribution in [3.8, 4) is 0 Å². The molecule has 1 aromatic heterocycles. The summed E-state index contributed by atoms with van der Waals surface area (Å²) in [5.41, 5.74) is 3.91. The predicted molar refractivity (Wildman–Crippen MR) is 121 cm³/mol. The molecular formula is C25H32FN3O2. The van der Waals surface area contributed by atoms with Crippen LogP contribution in [-0.2, 0) is 0 Å². The average molecular weight is 426 g/mol. The Hall–Kier alpha value is -2.63. The highest BCUT2D eigenvalue weighted by atomic mass is 19.1. The third kappa shape index (κ3) is 4.25. The van der Waals surface area contributed by atoms with Gasteiger partial charge in [-0.1, -0.05) is 19.3 Å². The molecule has 0 unspecified atom stereocenters. The van der Waals surface area contributed by atoms with E-state index in [9.17, 15) is 14.0 Å². The van der Waals surface area contributed by atoms with E-state index in [1.54, 1.807) is 12.1 Å². The lowest BCUT2D eigenvalue weighted by atomic mass is 9.95. The smallest absolute Gasteiger partial charge is 0.255 e. The first-order valence-corrected chi connectivity index (χ1v) is 11.4. The van der Waals surface area contributed by atoms with E-state index >= 15 is 0 Å². The van der Waals surface area contributed by atoms with Crippen molar-refractivity contribution in [2.24, 2.45) is 0 Å². The average Bonchev–Trinajstić information content (AvgIpc) is 3.07. The van der Waals surface area contributed by atoms with Crippen molar-refractivity contribution in [1.29, 1.82) is 0 Å². The van der Waals surface area contributed by atoms with E-state index in [-0.39, 0.29) is 17.5 Å². The molecule has 0 radical (unpaired) electrons. The number of hydrogen-bond acceptors (Lipinski definition) is 3. The Bertz CT molecular complexity index is 983. The number of benzene rings is 1. The lowest BCUT2D eigenvalue weighted by molar-refractivity contribution is 0.0745. The number of aryl methyl sites for hydroxylation is 1. The molecule has 2 aromatic rings. The van der Waals surface area contributed by atoms with E-state index in [1.807, 2.05) is 15.9 Å². The van der Waals surface area contributed by atoms with E-state index in [2.05, 4.69) is 18.4 Å². The van der Waals surface area contributed by atoms with Crippen LogP contribution in [-0.4, -0.2) is 47.3 Å². The number of halogens is 1. The van der Waals surface area contributed by atoms with Gasteiger partial charge in [0.15, 0.2) is 5.78 Å². The van der Waals surface area contributed by atoms with Gasteiger partial charge in [-0.05, 0) is 57.9 Å². The van der Waals surface area contributed by atoms with Crippen LogP contribution in [0.15, 0.2) is 24.3 Å². The summed E-state index contributed by atoms with van der Waals surface area (Å²) in [5, 5.41) is 0. The molecule has 166 valence electrons. The highest BCUT2D eigenvalue weighted by Gasteiger charge is 2.28. The van der Waals surface area contributed by atoms with Crippen molar-refractivity contribution in [1.82, 2.24) is 9.47 Å². The van der Waals surface area contributed by atoms with Crippen LogP contribution in [0.4, 0.5) is 10.1 Å². The van der Waals surface area contributed by atoms with Crippen molar-refractivity contribution < 1.29 is 14.0 Å². The third-order valence-electron chi connectivity index (χ3n) is 6.92. The van der Waals surface area contributed by atoms with Gasteiger partial charge in [0, 0.05) is 49.2 Å². The monoisotopic (exact) mass is 425 g/mol. The van der Waals surface area contributed by atoms with Crippen molar-refractivity contribution in [2.75, 3.05) is 31.1 Å². The van der Waals surface area contributed by atoms with E-state index in [0.29, 0.717) is 43.5 Å². The highest BCUT2D eigenvalue weighted by Crippen LogP contribution is 2.32. The quantitative estimate of drug-likeness (QED) is 0.654. The second kappa shape index (κ2) is 8.85. The summed E-state index contributed by atoms with van der Waals surface area (Å²) in [5.74, 6) is -0.461. The Labute approximate surface area is 183 Å². The van der Waals surface area contributed by atoms with Gasteiger partial charge >= 0.3 is 0 Å². The van der Waals surface area contributed by atoms with Crippen molar-refractivity contribution in [2.45, 2.75) is 58.9 Å². The Morgan fingerprint density at radius 3 is 2.26 bits per heavy atom. The van der Waals surface area contributed by atoms with Crippen LogP contribution in [0.25, 0.3) is 0 Å². The summed E-state index contributed by atoms with van der Waals surface area (Å²) in [4.78, 5) is 28.6. The first-order chi connectivity index (χ1) is 14.9. The van der Waals surface area contributed by atoms with Crippen LogP contribution in [0.1, 0.15) is 77.2 Å². The lowest BCUT2D eigenvalue weighted by Gasteiger charge is -2.36. The van der Waals surface area contributed by atoms with Crippen LogP contribution >= 0.6 is 0 Å². The molecule has 2 fully saturated rings. The van der Waals surface area contributed by atoms with Gasteiger partial charge in [-0.2, -0.15) is 0 Å². The molecule has 2 heterocycles. The summed E-state index contributed by atoms with van der Waals surface area (Å²) in [6.07, 6.45) is 6.21. The van der Waals surface area contributed by atoms with Gasteiger partial charge in [-0.3, -0.25) is 9.59 Å². The van der Waals surface area contributed by atoms with Gasteiger partial charge in [0.1, 0.15) is 5.82 Å². The molecule has 1 aliphatic carbocycles. The van der Waals surface area contributed by atoms with Crippen molar-refractivity contribution in [3.63, 3.8) is 0 Å². The Kier molecular flexibility index (Phi) is 6.17. The fourth-order valence-corrected chi connectivity index (χ4v) is 5.20. The zero-order valence-electron chi connectivity index (χ0n) is 18.8. The van der Waals surface area contributed by atoms with Gasteiger partial charge in [0.05, 0.1) is 11.3 Å². The maximum absolute atomic E-state index is 14.5. The first-order valence-electron chi connectivity index (χ1n) is 11.4. The molecule has 0 atom stereocenters. The topological polar surface area (TPSA) is 45.6 Å². The maximum Gasteiger partial charge on any atom is 0.255 e. The molecular weight excluding hydrogens is 393 g/mol. The van der Waals surface area contributed by atoms with Gasteiger partial charge < -0.3 is 14.4 Å². The number of carbonyl (C=O) groups excluding carboxylic acids is 2. The van der Waals surface area contributed by atoms with E-state index < -0.39 is 0 Å². The number of amides is 1. The number of hydrogen-bond donors (Lipinski definition) is 0. The molecule has 0 spiro atoms. The predicted octanol–water partition coefficient (Wildman–Crippen LogP) is 4.91. The summed E-state index contributed by atoms with van der Waals surface area (Å²) >= 11 is 0. The number of carbonyl (C=O) groups is 2. The lowest BCUT2D eigenvalue weighted by Crippen LogP contribution is -2.49. The third-order valence-corrected chi connectivity index (χ3v) is 6.92. The highest BCUT2D eigenvalue weighted by molar-refractivity contribution is 5.96. The second-order valence-electron chi connectivity index (χ2n) is 8.95. The molecule has 1 aromatic carbocycles. The zero-order chi connectivity index (χ0) is 22.1. The van der Waals surface area contributed by atoms with Gasteiger partial charge in [-0.15, -0.1) is 0 Å². The molecule has 0 N–H and O–H groups in total. The summed E-state index contributed by atoms with van der Waals surface area (Å²) in [6, 6.07) is 7.18. The van der Waals surface area contributed by atoms with E-state index in [0.717, 1.165) is 11.3 Å².